The fourth-order valence-electron chi connectivity index (χ4n) is 2.43. The lowest BCUT2D eigenvalue weighted by Crippen LogP contribution is -2.36. The highest BCUT2D eigenvalue weighted by Gasteiger charge is 2.17. The number of rotatable bonds is 7. The number of anilines is 1. The highest BCUT2D eigenvalue weighted by molar-refractivity contribution is 6.02. The van der Waals surface area contributed by atoms with Gasteiger partial charge in [0, 0.05) is 13.5 Å². The quantitative estimate of drug-likeness (QED) is 0.758. The Balaban J connectivity index is 2.07. The second kappa shape index (κ2) is 9.47. The molecule has 0 fully saturated rings. The first kappa shape index (κ1) is 20.1. The fraction of sp³-hybridized carbons (Fsp3) is 0.250. The molecule has 0 heterocycles. The molecule has 2 amide bonds. The summed E-state index contributed by atoms with van der Waals surface area (Å²) in [6.07, 6.45) is 0. The van der Waals surface area contributed by atoms with E-state index in [-0.39, 0.29) is 37.0 Å². The maximum Gasteiger partial charge on any atom is 0.340 e. The van der Waals surface area contributed by atoms with Crippen LogP contribution in [0.2, 0.25) is 0 Å². The van der Waals surface area contributed by atoms with Crippen LogP contribution < -0.4 is 5.32 Å². The number of nitrogens with zero attached hydrogens (tertiary/aromatic N) is 1. The van der Waals surface area contributed by atoms with Crippen LogP contribution in [0.4, 0.5) is 10.1 Å². The van der Waals surface area contributed by atoms with Crippen LogP contribution in [0.3, 0.4) is 0 Å². The summed E-state index contributed by atoms with van der Waals surface area (Å²) in [7, 11) is 0. The molecule has 0 saturated heterocycles. The topological polar surface area (TPSA) is 75.7 Å². The van der Waals surface area contributed by atoms with E-state index in [0.29, 0.717) is 11.3 Å². The van der Waals surface area contributed by atoms with Crippen LogP contribution in [-0.4, -0.2) is 35.8 Å². The Morgan fingerprint density at radius 2 is 1.74 bits per heavy atom. The Labute approximate surface area is 156 Å². The molecule has 0 aromatic heterocycles. The number of carbonyl (C=O) groups excluding carboxylic acids is 3. The molecule has 0 aliphatic heterocycles. The first-order valence-corrected chi connectivity index (χ1v) is 8.46. The van der Waals surface area contributed by atoms with Crippen molar-refractivity contribution in [2.24, 2.45) is 0 Å². The van der Waals surface area contributed by atoms with Gasteiger partial charge in [-0.1, -0.05) is 24.3 Å². The molecule has 0 aliphatic rings. The number of halogens is 1. The van der Waals surface area contributed by atoms with Gasteiger partial charge < -0.3 is 15.0 Å². The van der Waals surface area contributed by atoms with Gasteiger partial charge >= 0.3 is 5.97 Å². The third kappa shape index (κ3) is 5.91. The van der Waals surface area contributed by atoms with E-state index in [0.717, 1.165) is 0 Å². The van der Waals surface area contributed by atoms with Crippen LogP contribution in [0.25, 0.3) is 0 Å². The van der Waals surface area contributed by atoms with E-state index in [9.17, 15) is 18.8 Å². The minimum Gasteiger partial charge on any atom is -0.462 e. The standard InChI is InChI=1S/C20H21FN2O4/c1-3-27-20(26)17-6-4-5-7-18(17)22-19(25)13-23(14(2)24)12-15-8-10-16(21)11-9-15/h4-11H,3,12-13H2,1-2H3,(H,22,25). The van der Waals surface area contributed by atoms with Crippen LogP contribution >= 0.6 is 0 Å². The Bertz CT molecular complexity index is 821. The molecule has 1 N–H and O–H groups in total. The van der Waals surface area contributed by atoms with E-state index in [2.05, 4.69) is 5.32 Å². The summed E-state index contributed by atoms with van der Waals surface area (Å²) in [5, 5.41) is 2.64. The first-order valence-electron chi connectivity index (χ1n) is 8.46. The summed E-state index contributed by atoms with van der Waals surface area (Å²) < 4.78 is 18.0. The number of nitrogens with one attached hydrogen (secondary N) is 1. The van der Waals surface area contributed by atoms with Crippen molar-refractivity contribution in [1.29, 1.82) is 0 Å². The molecule has 2 aromatic rings. The van der Waals surface area contributed by atoms with E-state index in [1.54, 1.807) is 43.3 Å². The van der Waals surface area contributed by atoms with E-state index in [1.807, 2.05) is 0 Å². The smallest absolute Gasteiger partial charge is 0.340 e. The maximum atomic E-state index is 13.0. The lowest BCUT2D eigenvalue weighted by molar-refractivity contribution is -0.133. The molecule has 0 atom stereocenters. The molecular formula is C20H21FN2O4. The van der Waals surface area contributed by atoms with Crippen molar-refractivity contribution < 1.29 is 23.5 Å². The first-order chi connectivity index (χ1) is 12.9. The zero-order chi connectivity index (χ0) is 19.8. The van der Waals surface area contributed by atoms with Crippen LogP contribution in [0, 0.1) is 5.82 Å². The molecule has 0 spiro atoms. The van der Waals surface area contributed by atoms with Gasteiger partial charge in [0.05, 0.1) is 17.9 Å². The molecule has 2 aromatic carbocycles. The van der Waals surface area contributed by atoms with Crippen LogP contribution in [0.15, 0.2) is 48.5 Å². The SMILES string of the molecule is CCOC(=O)c1ccccc1NC(=O)CN(Cc1ccc(F)cc1)C(C)=O. The summed E-state index contributed by atoms with van der Waals surface area (Å²) >= 11 is 0. The van der Waals surface area contributed by atoms with Gasteiger partial charge in [-0.05, 0) is 36.8 Å². The number of carbonyl (C=O) groups is 3. The van der Waals surface area contributed by atoms with Gasteiger partial charge in [-0.3, -0.25) is 9.59 Å². The molecule has 27 heavy (non-hydrogen) atoms. The molecule has 142 valence electrons. The maximum absolute atomic E-state index is 13.0. The number of amides is 2. The number of benzene rings is 2. The largest absolute Gasteiger partial charge is 0.462 e. The van der Waals surface area contributed by atoms with Gasteiger partial charge in [-0.2, -0.15) is 0 Å². The average Bonchev–Trinajstić information content (AvgIpc) is 2.63. The zero-order valence-electron chi connectivity index (χ0n) is 15.2. The second-order valence-electron chi connectivity index (χ2n) is 5.82. The van der Waals surface area contributed by atoms with Crippen LogP contribution in [0.5, 0.6) is 0 Å². The van der Waals surface area contributed by atoms with Crippen LogP contribution in [0.1, 0.15) is 29.8 Å². The third-order valence-electron chi connectivity index (χ3n) is 3.76. The minimum atomic E-state index is -0.539. The number of ether oxygens (including phenoxy) is 1. The highest BCUT2D eigenvalue weighted by atomic mass is 19.1. The molecule has 0 saturated carbocycles. The molecule has 7 heteroatoms. The second-order valence-corrected chi connectivity index (χ2v) is 5.82. The van der Waals surface area contributed by atoms with E-state index < -0.39 is 11.9 Å². The molecule has 0 radical (unpaired) electrons. The predicted molar refractivity (Wildman–Crippen MR) is 98.5 cm³/mol. The van der Waals surface area contributed by atoms with E-state index in [1.165, 1.54) is 24.0 Å². The van der Waals surface area contributed by atoms with Crippen molar-refractivity contribution in [2.75, 3.05) is 18.5 Å². The fourth-order valence-corrected chi connectivity index (χ4v) is 2.43. The van der Waals surface area contributed by atoms with Gasteiger partial charge in [0.1, 0.15) is 12.4 Å². The molecular weight excluding hydrogens is 351 g/mol. The molecule has 2 rings (SSSR count). The number of esters is 1. The Kier molecular flexibility index (Phi) is 7.05. The monoisotopic (exact) mass is 372 g/mol. The van der Waals surface area contributed by atoms with Gasteiger partial charge in [-0.15, -0.1) is 0 Å². The Hall–Kier alpha value is -3.22. The van der Waals surface area contributed by atoms with Gasteiger partial charge in [-0.25, -0.2) is 9.18 Å². The van der Waals surface area contributed by atoms with Crippen molar-refractivity contribution in [3.05, 3.63) is 65.5 Å². The van der Waals surface area contributed by atoms with Crippen molar-refractivity contribution >= 4 is 23.5 Å². The van der Waals surface area contributed by atoms with Crippen molar-refractivity contribution in [2.45, 2.75) is 20.4 Å². The van der Waals surface area contributed by atoms with E-state index in [4.69, 9.17) is 4.74 Å². The van der Waals surface area contributed by atoms with Crippen molar-refractivity contribution in [3.8, 4) is 0 Å². The Morgan fingerprint density at radius 3 is 2.37 bits per heavy atom. The zero-order valence-corrected chi connectivity index (χ0v) is 15.2. The number of hydrogen-bond donors (Lipinski definition) is 1. The lowest BCUT2D eigenvalue weighted by Gasteiger charge is -2.21. The van der Waals surface area contributed by atoms with Gasteiger partial charge in [0.2, 0.25) is 11.8 Å². The normalized spacial score (nSPS) is 10.2. The summed E-state index contributed by atoms with van der Waals surface area (Å²) in [5.74, 6) is -1.67. The third-order valence-corrected chi connectivity index (χ3v) is 3.76. The van der Waals surface area contributed by atoms with Crippen LogP contribution in [-0.2, 0) is 20.9 Å². The Morgan fingerprint density at radius 1 is 1.07 bits per heavy atom. The minimum absolute atomic E-state index is 0.169. The highest BCUT2D eigenvalue weighted by Crippen LogP contribution is 2.16. The van der Waals surface area contributed by atoms with E-state index >= 15 is 0 Å². The molecule has 6 nitrogen and oxygen atoms in total. The number of para-hydroxylation sites is 1. The van der Waals surface area contributed by atoms with Gasteiger partial charge in [0.15, 0.2) is 0 Å². The average molecular weight is 372 g/mol. The molecule has 0 aliphatic carbocycles. The summed E-state index contributed by atoms with van der Waals surface area (Å²) in [6, 6.07) is 12.2. The summed E-state index contributed by atoms with van der Waals surface area (Å²) in [4.78, 5) is 37.6. The summed E-state index contributed by atoms with van der Waals surface area (Å²) in [5.41, 5.74) is 1.25. The van der Waals surface area contributed by atoms with Crippen molar-refractivity contribution in [1.82, 2.24) is 4.90 Å². The van der Waals surface area contributed by atoms with Gasteiger partial charge in [0.25, 0.3) is 0 Å². The summed E-state index contributed by atoms with van der Waals surface area (Å²) in [6.45, 7) is 3.23. The molecule has 0 unspecified atom stereocenters. The predicted octanol–water partition coefficient (Wildman–Crippen LogP) is 2.99. The molecule has 0 bridgehead atoms. The lowest BCUT2D eigenvalue weighted by atomic mass is 10.1. The number of hydrogen-bond acceptors (Lipinski definition) is 4. The van der Waals surface area contributed by atoms with Crippen molar-refractivity contribution in [3.63, 3.8) is 0 Å².